The molecule has 1 fully saturated rings. The molecule has 0 bridgehead atoms. The van der Waals surface area contributed by atoms with Crippen LogP contribution in [0.2, 0.25) is 0 Å². The van der Waals surface area contributed by atoms with Gasteiger partial charge in [-0.15, -0.1) is 0 Å². The van der Waals surface area contributed by atoms with Crippen LogP contribution in [0.1, 0.15) is 50.0 Å². The van der Waals surface area contributed by atoms with Crippen LogP contribution in [0.5, 0.6) is 0 Å². The fourth-order valence-corrected chi connectivity index (χ4v) is 3.55. The van der Waals surface area contributed by atoms with Crippen molar-refractivity contribution in [3.63, 3.8) is 0 Å². The Hall–Kier alpha value is -2.61. The lowest BCUT2D eigenvalue weighted by Gasteiger charge is -2.35. The summed E-state index contributed by atoms with van der Waals surface area (Å²) in [6, 6.07) is 6.92. The monoisotopic (exact) mass is 418 g/mol. The average molecular weight is 419 g/mol. The third-order valence-corrected chi connectivity index (χ3v) is 5.10. The van der Waals surface area contributed by atoms with Crippen LogP contribution in [0.3, 0.4) is 0 Å². The Balaban J connectivity index is 1.75. The fourth-order valence-electron chi connectivity index (χ4n) is 3.55. The molecule has 1 aliphatic rings. The number of carbonyl (C=O) groups is 3. The van der Waals surface area contributed by atoms with E-state index in [1.165, 1.54) is 0 Å². The number of carbonyl (C=O) groups excluding carboxylic acids is 3. The van der Waals surface area contributed by atoms with Crippen molar-refractivity contribution in [3.8, 4) is 0 Å². The van der Waals surface area contributed by atoms with Gasteiger partial charge in [0.25, 0.3) is 5.91 Å². The second-order valence-corrected chi connectivity index (χ2v) is 7.59. The number of morpholine rings is 1. The summed E-state index contributed by atoms with van der Waals surface area (Å²) in [6.45, 7) is 11.0. The Labute approximate surface area is 178 Å². The lowest BCUT2D eigenvalue weighted by Crippen LogP contribution is -2.48. The summed E-state index contributed by atoms with van der Waals surface area (Å²) in [7, 11) is 0. The average Bonchev–Trinajstić information content (AvgIpc) is 2.72. The highest BCUT2D eigenvalue weighted by Gasteiger charge is 2.26. The zero-order valence-electron chi connectivity index (χ0n) is 18.4. The molecule has 0 aliphatic carbocycles. The van der Waals surface area contributed by atoms with Gasteiger partial charge in [-0.25, -0.2) is 4.79 Å². The highest BCUT2D eigenvalue weighted by atomic mass is 16.5. The van der Waals surface area contributed by atoms with Gasteiger partial charge in [0.2, 0.25) is 5.91 Å². The number of ether oxygens (including phenoxy) is 1. The molecule has 2 atom stereocenters. The van der Waals surface area contributed by atoms with Crippen LogP contribution in [0.15, 0.2) is 24.3 Å². The molecule has 1 aromatic carbocycles. The first-order valence-electron chi connectivity index (χ1n) is 10.7. The summed E-state index contributed by atoms with van der Waals surface area (Å²) < 4.78 is 5.68. The van der Waals surface area contributed by atoms with Crippen LogP contribution in [0.4, 0.5) is 4.79 Å². The summed E-state index contributed by atoms with van der Waals surface area (Å²) in [4.78, 5) is 40.1. The highest BCUT2D eigenvalue weighted by molar-refractivity contribution is 5.94. The molecule has 166 valence electrons. The van der Waals surface area contributed by atoms with Crippen molar-refractivity contribution in [1.82, 2.24) is 20.4 Å². The van der Waals surface area contributed by atoms with Crippen molar-refractivity contribution in [2.45, 2.75) is 52.9 Å². The van der Waals surface area contributed by atoms with Crippen molar-refractivity contribution < 1.29 is 19.1 Å². The number of hydrogen-bond acceptors (Lipinski definition) is 4. The van der Waals surface area contributed by atoms with E-state index in [9.17, 15) is 14.4 Å². The maximum absolute atomic E-state index is 12.7. The van der Waals surface area contributed by atoms with E-state index in [2.05, 4.69) is 10.6 Å². The third-order valence-electron chi connectivity index (χ3n) is 5.10. The summed E-state index contributed by atoms with van der Waals surface area (Å²) >= 11 is 0. The van der Waals surface area contributed by atoms with Crippen LogP contribution < -0.4 is 10.6 Å². The lowest BCUT2D eigenvalue weighted by molar-refractivity contribution is -0.130. The number of benzene rings is 1. The second-order valence-electron chi connectivity index (χ2n) is 7.59. The molecule has 1 aromatic rings. The summed E-state index contributed by atoms with van der Waals surface area (Å²) in [5.74, 6) is 0.0248. The first-order chi connectivity index (χ1) is 14.3. The van der Waals surface area contributed by atoms with Crippen molar-refractivity contribution in [2.75, 3.05) is 32.7 Å². The van der Waals surface area contributed by atoms with Crippen LogP contribution in [-0.4, -0.2) is 72.6 Å². The minimum atomic E-state index is -0.321. The van der Waals surface area contributed by atoms with Gasteiger partial charge in [-0.2, -0.15) is 0 Å². The van der Waals surface area contributed by atoms with Gasteiger partial charge in [0.05, 0.1) is 12.2 Å². The highest BCUT2D eigenvalue weighted by Crippen LogP contribution is 2.15. The minimum Gasteiger partial charge on any atom is -0.372 e. The number of nitrogens with one attached hydrogen (secondary N) is 2. The van der Waals surface area contributed by atoms with Crippen molar-refractivity contribution >= 4 is 17.8 Å². The lowest BCUT2D eigenvalue weighted by atomic mass is 10.1. The zero-order valence-corrected chi connectivity index (χ0v) is 18.4. The largest absolute Gasteiger partial charge is 0.372 e. The fraction of sp³-hybridized carbons (Fsp3) is 0.591. The van der Waals surface area contributed by atoms with Gasteiger partial charge in [0, 0.05) is 51.3 Å². The molecular weight excluding hydrogens is 384 g/mol. The smallest absolute Gasteiger partial charge is 0.315 e. The predicted octanol–water partition coefficient (Wildman–Crippen LogP) is 1.99. The van der Waals surface area contributed by atoms with Crippen LogP contribution in [0.25, 0.3) is 0 Å². The molecular formula is C22H34N4O4. The number of nitrogens with zero attached hydrogens (tertiary/aromatic N) is 2. The van der Waals surface area contributed by atoms with E-state index in [0.29, 0.717) is 44.8 Å². The third kappa shape index (κ3) is 7.02. The number of urea groups is 1. The van der Waals surface area contributed by atoms with E-state index >= 15 is 0 Å². The van der Waals surface area contributed by atoms with E-state index < -0.39 is 0 Å². The van der Waals surface area contributed by atoms with Gasteiger partial charge < -0.3 is 25.2 Å². The zero-order chi connectivity index (χ0) is 22.1. The van der Waals surface area contributed by atoms with Gasteiger partial charge in [-0.05, 0) is 45.4 Å². The molecule has 8 heteroatoms. The van der Waals surface area contributed by atoms with E-state index in [4.69, 9.17) is 4.74 Å². The molecule has 2 N–H and O–H groups in total. The Morgan fingerprint density at radius 2 is 1.63 bits per heavy atom. The van der Waals surface area contributed by atoms with Crippen LogP contribution >= 0.6 is 0 Å². The predicted molar refractivity (Wildman–Crippen MR) is 115 cm³/mol. The maximum atomic E-state index is 12.7. The molecule has 4 amide bonds. The van der Waals surface area contributed by atoms with Crippen molar-refractivity contribution in [3.05, 3.63) is 35.4 Å². The molecule has 0 saturated carbocycles. The number of rotatable bonds is 8. The molecule has 0 aromatic heterocycles. The summed E-state index contributed by atoms with van der Waals surface area (Å²) in [5.41, 5.74) is 1.52. The molecule has 1 aliphatic heterocycles. The Morgan fingerprint density at radius 3 is 2.20 bits per heavy atom. The molecule has 0 radical (unpaired) electrons. The van der Waals surface area contributed by atoms with E-state index in [1.54, 1.807) is 17.0 Å². The summed E-state index contributed by atoms with van der Waals surface area (Å²) in [5, 5.41) is 5.46. The molecule has 2 unspecified atom stereocenters. The molecule has 1 heterocycles. The van der Waals surface area contributed by atoms with Crippen molar-refractivity contribution in [2.24, 2.45) is 0 Å². The normalized spacial score (nSPS) is 18.6. The molecule has 0 spiro atoms. The van der Waals surface area contributed by atoms with E-state index in [1.807, 2.05) is 44.7 Å². The number of amides is 4. The van der Waals surface area contributed by atoms with Gasteiger partial charge in [-0.1, -0.05) is 12.1 Å². The van der Waals surface area contributed by atoms with E-state index in [-0.39, 0.29) is 36.5 Å². The first-order valence-corrected chi connectivity index (χ1v) is 10.7. The number of hydrogen-bond donors (Lipinski definition) is 2. The van der Waals surface area contributed by atoms with E-state index in [0.717, 1.165) is 5.56 Å². The van der Waals surface area contributed by atoms with Crippen LogP contribution in [0, 0.1) is 0 Å². The second kappa shape index (κ2) is 11.5. The minimum absolute atomic E-state index is 0.00729. The van der Waals surface area contributed by atoms with Crippen molar-refractivity contribution in [1.29, 1.82) is 0 Å². The Kier molecular flexibility index (Phi) is 9.11. The molecule has 1 saturated heterocycles. The molecule has 2 rings (SSSR count). The quantitative estimate of drug-likeness (QED) is 0.676. The summed E-state index contributed by atoms with van der Waals surface area (Å²) in [6.07, 6.45) is 0.342. The van der Waals surface area contributed by atoms with Gasteiger partial charge >= 0.3 is 6.03 Å². The van der Waals surface area contributed by atoms with Gasteiger partial charge in [0.15, 0.2) is 0 Å². The van der Waals surface area contributed by atoms with Gasteiger partial charge in [0.1, 0.15) is 0 Å². The topological polar surface area (TPSA) is 91.0 Å². The first kappa shape index (κ1) is 23.7. The standard InChI is InChI=1S/C22H34N4O4/c1-5-25(6-2)20(27)11-12-23-22(29)24-13-18-7-9-19(10-8-18)21(28)26-14-16(3)30-17(4)15-26/h7-10,16-17H,5-6,11-15H2,1-4H3,(H2,23,24,29). The molecule has 30 heavy (non-hydrogen) atoms. The SMILES string of the molecule is CCN(CC)C(=O)CCNC(=O)NCc1ccc(C(=O)N2CC(C)OC(C)C2)cc1. The Morgan fingerprint density at radius 1 is 1.03 bits per heavy atom. The van der Waals surface area contributed by atoms with Crippen LogP contribution in [-0.2, 0) is 16.1 Å². The maximum Gasteiger partial charge on any atom is 0.315 e. The molecule has 8 nitrogen and oxygen atoms in total. The Bertz CT molecular complexity index is 708. The van der Waals surface area contributed by atoms with Gasteiger partial charge in [-0.3, -0.25) is 9.59 Å².